The van der Waals surface area contributed by atoms with Gasteiger partial charge in [0.1, 0.15) is 11.8 Å². The third-order valence-electron chi connectivity index (χ3n) is 4.93. The van der Waals surface area contributed by atoms with Crippen molar-refractivity contribution in [3.8, 4) is 11.4 Å². The molecule has 4 heterocycles. The van der Waals surface area contributed by atoms with E-state index in [-0.39, 0.29) is 11.7 Å². The number of benzene rings is 1. The molecule has 9 heteroatoms. The molecule has 3 N–H and O–H groups in total. The van der Waals surface area contributed by atoms with Gasteiger partial charge in [0, 0.05) is 37.8 Å². The second-order valence-corrected chi connectivity index (χ2v) is 6.74. The number of pyridine rings is 1. The van der Waals surface area contributed by atoms with E-state index in [1.807, 2.05) is 30.3 Å². The molecule has 1 saturated heterocycles. The maximum Gasteiger partial charge on any atom is 0.293 e. The van der Waals surface area contributed by atoms with E-state index < -0.39 is 0 Å². The van der Waals surface area contributed by atoms with Gasteiger partial charge in [-0.05, 0) is 12.1 Å². The number of piperazine rings is 1. The Hall–Kier alpha value is -3.72. The van der Waals surface area contributed by atoms with Crippen LogP contribution in [0.5, 0.6) is 0 Å². The monoisotopic (exact) mass is 389 g/mol. The fraction of sp³-hybridized carbons (Fsp3) is 0.200. The van der Waals surface area contributed by atoms with Crippen LogP contribution in [-0.2, 0) is 0 Å². The average Bonchev–Trinajstić information content (AvgIpc) is 3.42. The van der Waals surface area contributed by atoms with Crippen LogP contribution in [0.2, 0.25) is 0 Å². The smallest absolute Gasteiger partial charge is 0.293 e. The van der Waals surface area contributed by atoms with E-state index in [9.17, 15) is 4.79 Å². The number of para-hydroxylation sites is 1. The highest BCUT2D eigenvalue weighted by Crippen LogP contribution is 2.28. The van der Waals surface area contributed by atoms with Crippen LogP contribution in [0.25, 0.3) is 22.4 Å². The Kier molecular flexibility index (Phi) is 4.41. The number of aromatic nitrogens is 4. The Morgan fingerprint density at radius 3 is 2.93 bits per heavy atom. The number of nitrogens with zero attached hydrogens (tertiary/aromatic N) is 4. The zero-order chi connectivity index (χ0) is 19.6. The number of aromatic amines is 1. The van der Waals surface area contributed by atoms with Gasteiger partial charge < -0.3 is 20.0 Å². The van der Waals surface area contributed by atoms with Gasteiger partial charge in [-0.15, -0.1) is 0 Å². The number of anilines is 2. The van der Waals surface area contributed by atoms with Gasteiger partial charge in [-0.25, -0.2) is 4.98 Å². The Labute approximate surface area is 166 Å². The first-order chi connectivity index (χ1) is 14.3. The second-order valence-electron chi connectivity index (χ2n) is 6.74. The quantitative estimate of drug-likeness (QED) is 0.491. The van der Waals surface area contributed by atoms with Crippen LogP contribution in [0.1, 0.15) is 10.6 Å². The van der Waals surface area contributed by atoms with Crippen LogP contribution in [0.3, 0.4) is 0 Å². The van der Waals surface area contributed by atoms with Crippen LogP contribution in [0.4, 0.5) is 11.4 Å². The Morgan fingerprint density at radius 2 is 2.03 bits per heavy atom. The molecule has 0 unspecified atom stereocenters. The van der Waals surface area contributed by atoms with Gasteiger partial charge >= 0.3 is 0 Å². The van der Waals surface area contributed by atoms with Gasteiger partial charge in [0.05, 0.1) is 23.1 Å². The van der Waals surface area contributed by atoms with Gasteiger partial charge in [-0.3, -0.25) is 14.9 Å². The van der Waals surface area contributed by atoms with Crippen LogP contribution in [-0.4, -0.2) is 52.3 Å². The van der Waals surface area contributed by atoms with Crippen molar-refractivity contribution in [2.24, 2.45) is 0 Å². The highest BCUT2D eigenvalue weighted by molar-refractivity contribution is 6.04. The van der Waals surface area contributed by atoms with Gasteiger partial charge in [0.15, 0.2) is 5.82 Å². The van der Waals surface area contributed by atoms with Crippen molar-refractivity contribution in [3.05, 3.63) is 54.8 Å². The van der Waals surface area contributed by atoms with Crippen molar-refractivity contribution in [1.29, 1.82) is 0 Å². The number of furan rings is 1. The summed E-state index contributed by atoms with van der Waals surface area (Å²) in [6.45, 7) is 3.54. The SMILES string of the molecule is O=C(Nc1cnccc1N1CCNCC1)c1nc(-c2coc3ccccc23)n[nH]1. The zero-order valence-electron chi connectivity index (χ0n) is 15.6. The maximum atomic E-state index is 12.8. The largest absolute Gasteiger partial charge is 0.464 e. The summed E-state index contributed by atoms with van der Waals surface area (Å²) in [5, 5.41) is 14.0. The predicted molar refractivity (Wildman–Crippen MR) is 109 cm³/mol. The number of H-pyrrole nitrogens is 1. The molecule has 1 aliphatic rings. The molecule has 0 aliphatic carbocycles. The molecular formula is C20H19N7O2. The molecule has 0 bridgehead atoms. The lowest BCUT2D eigenvalue weighted by molar-refractivity contribution is 0.101. The summed E-state index contributed by atoms with van der Waals surface area (Å²) in [7, 11) is 0. The third kappa shape index (κ3) is 3.32. The Morgan fingerprint density at radius 1 is 1.17 bits per heavy atom. The lowest BCUT2D eigenvalue weighted by atomic mass is 10.2. The van der Waals surface area contributed by atoms with Crippen molar-refractivity contribution in [3.63, 3.8) is 0 Å². The normalized spacial score (nSPS) is 14.3. The van der Waals surface area contributed by atoms with Gasteiger partial charge in [-0.2, -0.15) is 5.10 Å². The number of hydrogen-bond acceptors (Lipinski definition) is 7. The van der Waals surface area contributed by atoms with E-state index in [1.165, 1.54) is 0 Å². The standard InChI is InChI=1S/C20H19N7O2/c28-20(23-15-11-22-6-5-16(15)27-9-7-21-8-10-27)19-24-18(25-26-19)14-12-29-17-4-2-1-3-13(14)17/h1-6,11-12,21H,7-10H2,(H,23,28)(H,24,25,26). The number of nitrogens with one attached hydrogen (secondary N) is 3. The molecule has 4 aromatic rings. The van der Waals surface area contributed by atoms with Crippen molar-refractivity contribution in [1.82, 2.24) is 25.5 Å². The highest BCUT2D eigenvalue weighted by atomic mass is 16.3. The van der Waals surface area contributed by atoms with E-state index in [2.05, 4.69) is 35.7 Å². The number of fused-ring (bicyclic) bond motifs is 1. The number of hydrogen-bond donors (Lipinski definition) is 3. The molecule has 1 aliphatic heterocycles. The topological polar surface area (TPSA) is 112 Å². The van der Waals surface area contributed by atoms with Crippen LogP contribution >= 0.6 is 0 Å². The van der Waals surface area contributed by atoms with Crippen LogP contribution in [0, 0.1) is 0 Å². The minimum absolute atomic E-state index is 0.125. The molecule has 0 radical (unpaired) electrons. The van der Waals surface area contributed by atoms with E-state index in [0.29, 0.717) is 11.5 Å². The number of carbonyl (C=O) groups is 1. The van der Waals surface area contributed by atoms with Crippen LogP contribution in [0.15, 0.2) is 53.4 Å². The first-order valence-electron chi connectivity index (χ1n) is 9.39. The molecule has 0 spiro atoms. The first-order valence-corrected chi connectivity index (χ1v) is 9.39. The summed E-state index contributed by atoms with van der Waals surface area (Å²) in [5.74, 6) is 0.162. The second kappa shape index (κ2) is 7.36. The van der Waals surface area contributed by atoms with Crippen molar-refractivity contribution >= 4 is 28.3 Å². The molecule has 0 atom stereocenters. The Bertz CT molecular complexity index is 1160. The Balaban J connectivity index is 1.39. The van der Waals surface area contributed by atoms with E-state index >= 15 is 0 Å². The third-order valence-corrected chi connectivity index (χ3v) is 4.93. The van der Waals surface area contributed by atoms with Crippen molar-refractivity contribution < 1.29 is 9.21 Å². The first kappa shape index (κ1) is 17.4. The molecule has 9 nitrogen and oxygen atoms in total. The average molecular weight is 389 g/mol. The molecule has 146 valence electrons. The zero-order valence-corrected chi connectivity index (χ0v) is 15.6. The van der Waals surface area contributed by atoms with Gasteiger partial charge in [0.2, 0.25) is 5.82 Å². The van der Waals surface area contributed by atoms with E-state index in [1.54, 1.807) is 18.7 Å². The lowest BCUT2D eigenvalue weighted by Crippen LogP contribution is -2.43. The van der Waals surface area contributed by atoms with Crippen molar-refractivity contribution in [2.75, 3.05) is 36.4 Å². The molecule has 1 amide bonds. The van der Waals surface area contributed by atoms with Gasteiger partial charge in [0.25, 0.3) is 5.91 Å². The fourth-order valence-electron chi connectivity index (χ4n) is 3.48. The number of carbonyl (C=O) groups excluding carboxylic acids is 1. The maximum absolute atomic E-state index is 12.8. The summed E-state index contributed by atoms with van der Waals surface area (Å²) in [6, 6.07) is 9.53. The summed E-state index contributed by atoms with van der Waals surface area (Å²) in [4.78, 5) is 23.5. The van der Waals surface area contributed by atoms with E-state index in [0.717, 1.165) is 48.4 Å². The summed E-state index contributed by atoms with van der Waals surface area (Å²) in [5.41, 5.74) is 3.06. The van der Waals surface area contributed by atoms with E-state index in [4.69, 9.17) is 4.42 Å². The molecular weight excluding hydrogens is 370 g/mol. The van der Waals surface area contributed by atoms with Gasteiger partial charge in [-0.1, -0.05) is 18.2 Å². The van der Waals surface area contributed by atoms with Crippen LogP contribution < -0.4 is 15.5 Å². The summed E-state index contributed by atoms with van der Waals surface area (Å²) in [6.07, 6.45) is 4.97. The van der Waals surface area contributed by atoms with Crippen molar-refractivity contribution in [2.45, 2.75) is 0 Å². The summed E-state index contributed by atoms with van der Waals surface area (Å²) < 4.78 is 5.54. The predicted octanol–water partition coefficient (Wildman–Crippen LogP) is 2.27. The fourth-order valence-corrected chi connectivity index (χ4v) is 3.48. The minimum Gasteiger partial charge on any atom is -0.464 e. The number of amides is 1. The minimum atomic E-state index is -0.374. The molecule has 1 fully saturated rings. The highest BCUT2D eigenvalue weighted by Gasteiger charge is 2.19. The summed E-state index contributed by atoms with van der Waals surface area (Å²) >= 11 is 0. The lowest BCUT2D eigenvalue weighted by Gasteiger charge is -2.30. The molecule has 1 aromatic carbocycles. The molecule has 0 saturated carbocycles. The molecule has 5 rings (SSSR count). The molecule has 29 heavy (non-hydrogen) atoms. The molecule has 3 aromatic heterocycles. The number of rotatable bonds is 4.